The number of carbonyl (C=O) groups is 1. The van der Waals surface area contributed by atoms with Crippen molar-refractivity contribution in [2.24, 2.45) is 0 Å². The lowest BCUT2D eigenvalue weighted by atomic mass is 10.1. The number of anilines is 1. The molecule has 0 aromatic heterocycles. The number of benzene rings is 3. The molecule has 3 aromatic carbocycles. The Hall–Kier alpha value is -3.00. The van der Waals surface area contributed by atoms with Gasteiger partial charge in [-0.25, -0.2) is 17.2 Å². The lowest BCUT2D eigenvalue weighted by Gasteiger charge is -2.24. The number of sulfonamides is 1. The van der Waals surface area contributed by atoms with Crippen LogP contribution < -0.4 is 4.31 Å². The van der Waals surface area contributed by atoms with E-state index in [0.29, 0.717) is 9.69 Å². The molecule has 0 spiro atoms. The fourth-order valence-corrected chi connectivity index (χ4v) is 4.17. The smallest absolute Gasteiger partial charge is 0.326 e. The van der Waals surface area contributed by atoms with Gasteiger partial charge < -0.3 is 4.74 Å². The minimum atomic E-state index is -4.25. The van der Waals surface area contributed by atoms with E-state index in [0.717, 1.165) is 23.6 Å². The van der Waals surface area contributed by atoms with E-state index < -0.39 is 34.2 Å². The van der Waals surface area contributed by atoms with Crippen LogP contribution in [-0.4, -0.2) is 27.5 Å². The van der Waals surface area contributed by atoms with Crippen molar-refractivity contribution in [3.63, 3.8) is 0 Å². The highest BCUT2D eigenvalue weighted by Gasteiger charge is 2.28. The average molecular weight is 405 g/mol. The number of hydrogen-bond donors (Lipinski definition) is 0. The number of halogens is 2. The minimum absolute atomic E-state index is 0.0560. The zero-order chi connectivity index (χ0) is 20.3. The van der Waals surface area contributed by atoms with Crippen molar-refractivity contribution in [1.29, 1.82) is 0 Å². The monoisotopic (exact) mass is 405 g/mol. The second kappa shape index (κ2) is 7.93. The number of fused-ring (bicyclic) bond motifs is 1. The number of nitrogens with zero attached hydrogens (tertiary/aromatic N) is 1. The maximum Gasteiger partial charge on any atom is 0.326 e. The fraction of sp³-hybridized carbons (Fsp3) is 0.150. The van der Waals surface area contributed by atoms with Gasteiger partial charge in [-0.1, -0.05) is 30.3 Å². The van der Waals surface area contributed by atoms with Gasteiger partial charge in [0.15, 0.2) is 11.6 Å². The Morgan fingerprint density at radius 1 is 0.964 bits per heavy atom. The molecule has 3 aromatic rings. The van der Waals surface area contributed by atoms with E-state index in [4.69, 9.17) is 4.74 Å². The van der Waals surface area contributed by atoms with Crippen LogP contribution in [0.5, 0.6) is 0 Å². The predicted molar refractivity (Wildman–Crippen MR) is 101 cm³/mol. The molecule has 0 aliphatic heterocycles. The summed E-state index contributed by atoms with van der Waals surface area (Å²) >= 11 is 0. The number of rotatable bonds is 6. The molecule has 0 aliphatic carbocycles. The summed E-state index contributed by atoms with van der Waals surface area (Å²) in [7, 11) is -4.25. The van der Waals surface area contributed by atoms with E-state index in [-0.39, 0.29) is 17.2 Å². The third-order valence-electron chi connectivity index (χ3n) is 4.08. The third-order valence-corrected chi connectivity index (χ3v) is 5.85. The van der Waals surface area contributed by atoms with E-state index in [9.17, 15) is 22.0 Å². The van der Waals surface area contributed by atoms with Crippen LogP contribution in [0.3, 0.4) is 0 Å². The number of hydrogen-bond acceptors (Lipinski definition) is 4. The van der Waals surface area contributed by atoms with Crippen LogP contribution >= 0.6 is 0 Å². The van der Waals surface area contributed by atoms with Gasteiger partial charge >= 0.3 is 5.97 Å². The Labute approximate surface area is 161 Å². The van der Waals surface area contributed by atoms with Crippen molar-refractivity contribution in [2.75, 3.05) is 17.5 Å². The maximum atomic E-state index is 13.7. The summed E-state index contributed by atoms with van der Waals surface area (Å²) in [5, 5.41) is 1.52. The molecule has 0 bridgehead atoms. The average Bonchev–Trinajstić information content (AvgIpc) is 2.68. The summed E-state index contributed by atoms with van der Waals surface area (Å²) in [4.78, 5) is 11.9. The van der Waals surface area contributed by atoms with Crippen LogP contribution in [-0.2, 0) is 19.6 Å². The van der Waals surface area contributed by atoms with Gasteiger partial charge in [-0.3, -0.25) is 9.10 Å². The van der Waals surface area contributed by atoms with E-state index in [2.05, 4.69) is 0 Å². The molecule has 0 saturated carbocycles. The Morgan fingerprint density at radius 2 is 1.68 bits per heavy atom. The first kappa shape index (κ1) is 19.8. The van der Waals surface area contributed by atoms with Crippen LogP contribution in [0.1, 0.15) is 6.92 Å². The molecular weight excluding hydrogens is 388 g/mol. The maximum absolute atomic E-state index is 13.7. The molecular formula is C20H17F2NO4S. The van der Waals surface area contributed by atoms with E-state index in [1.54, 1.807) is 25.1 Å². The molecule has 0 fully saturated rings. The highest BCUT2D eigenvalue weighted by atomic mass is 32.2. The van der Waals surface area contributed by atoms with Gasteiger partial charge in [-0.15, -0.1) is 0 Å². The van der Waals surface area contributed by atoms with Gasteiger partial charge in [0.05, 0.1) is 17.2 Å². The summed E-state index contributed by atoms with van der Waals surface area (Å²) < 4.78 is 59.0. The van der Waals surface area contributed by atoms with Gasteiger partial charge in [-0.05, 0) is 42.0 Å². The molecule has 5 nitrogen and oxygen atoms in total. The first-order chi connectivity index (χ1) is 13.3. The zero-order valence-corrected chi connectivity index (χ0v) is 15.7. The first-order valence-corrected chi connectivity index (χ1v) is 9.89. The summed E-state index contributed by atoms with van der Waals surface area (Å²) in [5.41, 5.74) is -0.180. The fourth-order valence-electron chi connectivity index (χ4n) is 2.73. The molecule has 0 radical (unpaired) electrons. The summed E-state index contributed by atoms with van der Waals surface area (Å²) in [6.45, 7) is 0.964. The minimum Gasteiger partial charge on any atom is -0.465 e. The highest BCUT2D eigenvalue weighted by molar-refractivity contribution is 7.92. The van der Waals surface area contributed by atoms with E-state index in [1.165, 1.54) is 12.1 Å². The quantitative estimate of drug-likeness (QED) is 0.584. The summed E-state index contributed by atoms with van der Waals surface area (Å²) in [6.07, 6.45) is 0. The molecule has 0 aliphatic rings. The van der Waals surface area contributed by atoms with Crippen LogP contribution in [0.15, 0.2) is 65.6 Å². The topological polar surface area (TPSA) is 63.7 Å². The van der Waals surface area contributed by atoms with Crippen molar-refractivity contribution in [3.8, 4) is 0 Å². The largest absolute Gasteiger partial charge is 0.465 e. The van der Waals surface area contributed by atoms with Crippen molar-refractivity contribution in [3.05, 3.63) is 72.3 Å². The number of ether oxygens (including phenoxy) is 1. The third kappa shape index (κ3) is 3.96. The SMILES string of the molecule is CCOC(=O)CN(c1ccc(F)c(F)c1)S(=O)(=O)c1ccc2ccccc2c1. The second-order valence-corrected chi connectivity index (χ2v) is 7.79. The second-order valence-electron chi connectivity index (χ2n) is 5.92. The lowest BCUT2D eigenvalue weighted by molar-refractivity contribution is -0.141. The molecule has 0 heterocycles. The van der Waals surface area contributed by atoms with Gasteiger partial charge in [0.1, 0.15) is 6.54 Å². The van der Waals surface area contributed by atoms with Crippen molar-refractivity contribution >= 4 is 32.5 Å². The Kier molecular flexibility index (Phi) is 5.60. The summed E-state index contributed by atoms with van der Waals surface area (Å²) in [6, 6.07) is 14.3. The molecule has 0 atom stereocenters. The molecule has 28 heavy (non-hydrogen) atoms. The first-order valence-electron chi connectivity index (χ1n) is 8.45. The molecule has 0 unspecified atom stereocenters. The molecule has 0 saturated heterocycles. The van der Waals surface area contributed by atoms with Crippen LogP contribution in [0, 0.1) is 11.6 Å². The molecule has 8 heteroatoms. The molecule has 0 amide bonds. The predicted octanol–water partition coefficient (Wildman–Crippen LogP) is 3.88. The van der Waals surface area contributed by atoms with Crippen molar-refractivity contribution in [1.82, 2.24) is 0 Å². The van der Waals surface area contributed by atoms with Gasteiger partial charge in [-0.2, -0.15) is 0 Å². The molecule has 3 rings (SSSR count). The Morgan fingerprint density at radius 3 is 2.36 bits per heavy atom. The lowest BCUT2D eigenvalue weighted by Crippen LogP contribution is -2.36. The van der Waals surface area contributed by atoms with Gasteiger partial charge in [0.2, 0.25) is 0 Å². The van der Waals surface area contributed by atoms with E-state index in [1.807, 2.05) is 12.1 Å². The molecule has 0 N–H and O–H groups in total. The van der Waals surface area contributed by atoms with E-state index >= 15 is 0 Å². The molecule has 146 valence electrons. The highest BCUT2D eigenvalue weighted by Crippen LogP contribution is 2.27. The summed E-state index contributed by atoms with van der Waals surface area (Å²) in [5.74, 6) is -3.15. The Bertz CT molecular complexity index is 1130. The number of esters is 1. The number of carbonyl (C=O) groups excluding carboxylic acids is 1. The van der Waals surface area contributed by atoms with Crippen LogP contribution in [0.2, 0.25) is 0 Å². The zero-order valence-electron chi connectivity index (χ0n) is 14.9. The normalized spacial score (nSPS) is 11.4. The van der Waals surface area contributed by atoms with Crippen molar-refractivity contribution in [2.45, 2.75) is 11.8 Å². The standard InChI is InChI=1S/C20H17F2NO4S/c1-2-27-20(24)13-23(16-8-10-18(21)19(22)12-16)28(25,26)17-9-7-14-5-3-4-6-15(14)11-17/h3-12H,2,13H2,1H3. The van der Waals surface area contributed by atoms with Crippen LogP contribution in [0.25, 0.3) is 10.8 Å². The Balaban J connectivity index is 2.10. The van der Waals surface area contributed by atoms with Crippen LogP contribution in [0.4, 0.5) is 14.5 Å². The van der Waals surface area contributed by atoms with Gasteiger partial charge in [0.25, 0.3) is 10.0 Å². The van der Waals surface area contributed by atoms with Gasteiger partial charge in [0, 0.05) is 6.07 Å². The van der Waals surface area contributed by atoms with Crippen molar-refractivity contribution < 1.29 is 26.7 Å².